The van der Waals surface area contributed by atoms with Crippen LogP contribution in [0.5, 0.6) is 0 Å². The molecule has 3 aromatic heterocycles. The lowest BCUT2D eigenvalue weighted by atomic mass is 10.1. The Kier molecular flexibility index (Phi) is 5.36. The van der Waals surface area contributed by atoms with Crippen molar-refractivity contribution in [2.24, 2.45) is 0 Å². The van der Waals surface area contributed by atoms with Crippen molar-refractivity contribution in [3.05, 3.63) is 102 Å². The van der Waals surface area contributed by atoms with E-state index in [1.807, 2.05) is 85.8 Å². The van der Waals surface area contributed by atoms with Crippen molar-refractivity contribution in [3.63, 3.8) is 0 Å². The van der Waals surface area contributed by atoms with Gasteiger partial charge in [-0.05, 0) is 43.3 Å². The van der Waals surface area contributed by atoms with Gasteiger partial charge >= 0.3 is 0 Å². The lowest BCUT2D eigenvalue weighted by Gasteiger charge is -2.16. The number of hydrogen-bond acceptors (Lipinski definition) is 5. The van der Waals surface area contributed by atoms with Crippen LogP contribution in [0.25, 0.3) is 16.9 Å². The fourth-order valence-electron chi connectivity index (χ4n) is 3.71. The van der Waals surface area contributed by atoms with Crippen LogP contribution in [0.2, 0.25) is 0 Å². The normalized spacial score (nSPS) is 11.0. The van der Waals surface area contributed by atoms with Gasteiger partial charge in [0.15, 0.2) is 5.65 Å². The number of rotatable bonds is 6. The molecule has 0 bridgehead atoms. The molecule has 3 heterocycles. The van der Waals surface area contributed by atoms with Gasteiger partial charge in [0.05, 0.1) is 24.2 Å². The standard InChI is InChI=1S/C26H23N5O2/c1-18-15-24-28-23(19-7-4-3-5-8-19)16-25(31(24)29-18)27-21-12-10-20(11-13-21)26(32)30(2)17-22-9-6-14-33-22/h3-16,27H,17H2,1-2H3. The predicted octanol–water partition coefficient (Wildman–Crippen LogP) is 5.31. The second-order valence-corrected chi connectivity index (χ2v) is 7.89. The summed E-state index contributed by atoms with van der Waals surface area (Å²) in [6.07, 6.45) is 1.61. The first kappa shape index (κ1) is 20.5. The summed E-state index contributed by atoms with van der Waals surface area (Å²) in [6.45, 7) is 2.36. The highest BCUT2D eigenvalue weighted by molar-refractivity contribution is 5.94. The average molecular weight is 438 g/mol. The molecule has 0 aliphatic rings. The molecule has 0 fully saturated rings. The van der Waals surface area contributed by atoms with Gasteiger partial charge in [0.1, 0.15) is 11.6 Å². The zero-order valence-corrected chi connectivity index (χ0v) is 18.4. The summed E-state index contributed by atoms with van der Waals surface area (Å²) in [5.41, 5.74) is 4.99. The van der Waals surface area contributed by atoms with E-state index in [0.29, 0.717) is 12.1 Å². The fraction of sp³-hybridized carbons (Fsp3) is 0.115. The number of fused-ring (bicyclic) bond motifs is 1. The van der Waals surface area contributed by atoms with E-state index in [1.165, 1.54) is 0 Å². The van der Waals surface area contributed by atoms with Crippen molar-refractivity contribution in [2.75, 3.05) is 12.4 Å². The average Bonchev–Trinajstić information content (AvgIpc) is 3.48. The first-order valence-corrected chi connectivity index (χ1v) is 10.6. The van der Waals surface area contributed by atoms with Crippen LogP contribution in [0.3, 0.4) is 0 Å². The maximum Gasteiger partial charge on any atom is 0.254 e. The number of aromatic nitrogens is 3. The molecule has 0 atom stereocenters. The third-order valence-electron chi connectivity index (χ3n) is 5.34. The molecule has 7 nitrogen and oxygen atoms in total. The van der Waals surface area contributed by atoms with Crippen molar-refractivity contribution in [3.8, 4) is 11.3 Å². The SMILES string of the molecule is Cc1cc2nc(-c3ccccc3)cc(Nc3ccc(C(=O)N(C)Cc4ccco4)cc3)n2n1. The minimum atomic E-state index is -0.0710. The van der Waals surface area contributed by atoms with Crippen LogP contribution < -0.4 is 5.32 Å². The van der Waals surface area contributed by atoms with Crippen LogP contribution in [0, 0.1) is 6.92 Å². The number of benzene rings is 2. The summed E-state index contributed by atoms with van der Waals surface area (Å²) < 4.78 is 7.13. The Morgan fingerprint density at radius 2 is 1.82 bits per heavy atom. The van der Waals surface area contributed by atoms with Crippen LogP contribution in [0.1, 0.15) is 21.8 Å². The second kappa shape index (κ2) is 8.63. The van der Waals surface area contributed by atoms with E-state index in [-0.39, 0.29) is 5.91 Å². The molecule has 5 rings (SSSR count). The summed E-state index contributed by atoms with van der Waals surface area (Å²) in [5, 5.41) is 7.99. The monoisotopic (exact) mass is 437 g/mol. The van der Waals surface area contributed by atoms with Gasteiger partial charge in [-0.1, -0.05) is 30.3 Å². The van der Waals surface area contributed by atoms with E-state index in [1.54, 1.807) is 22.7 Å². The van der Waals surface area contributed by atoms with E-state index < -0.39 is 0 Å². The quantitative estimate of drug-likeness (QED) is 0.389. The number of hydrogen-bond donors (Lipinski definition) is 1. The van der Waals surface area contributed by atoms with Gasteiger partial charge in [0.2, 0.25) is 0 Å². The summed E-state index contributed by atoms with van der Waals surface area (Å²) in [5.74, 6) is 1.47. The summed E-state index contributed by atoms with van der Waals surface area (Å²) in [7, 11) is 1.76. The molecule has 0 unspecified atom stereocenters. The van der Waals surface area contributed by atoms with Crippen molar-refractivity contribution in [1.29, 1.82) is 0 Å². The molecule has 33 heavy (non-hydrogen) atoms. The molecule has 1 amide bonds. The Morgan fingerprint density at radius 3 is 2.55 bits per heavy atom. The number of nitrogens with one attached hydrogen (secondary N) is 1. The Morgan fingerprint density at radius 1 is 1.03 bits per heavy atom. The maximum absolute atomic E-state index is 12.8. The van der Waals surface area contributed by atoms with Gasteiger partial charge in [0, 0.05) is 36.0 Å². The van der Waals surface area contributed by atoms with Crippen LogP contribution in [-0.2, 0) is 6.54 Å². The number of carbonyl (C=O) groups excluding carboxylic acids is 1. The number of amides is 1. The van der Waals surface area contributed by atoms with Gasteiger partial charge in [-0.3, -0.25) is 4.79 Å². The van der Waals surface area contributed by atoms with E-state index in [2.05, 4.69) is 10.4 Å². The Bertz CT molecular complexity index is 1390. The van der Waals surface area contributed by atoms with Crippen LogP contribution >= 0.6 is 0 Å². The maximum atomic E-state index is 12.8. The molecule has 1 N–H and O–H groups in total. The van der Waals surface area contributed by atoms with Gasteiger partial charge in [-0.15, -0.1) is 0 Å². The first-order chi connectivity index (χ1) is 16.1. The van der Waals surface area contributed by atoms with Crippen molar-refractivity contribution >= 4 is 23.1 Å². The lowest BCUT2D eigenvalue weighted by molar-refractivity contribution is 0.0775. The van der Waals surface area contributed by atoms with E-state index in [4.69, 9.17) is 9.40 Å². The molecule has 0 spiro atoms. The fourth-order valence-corrected chi connectivity index (χ4v) is 3.71. The molecule has 164 valence electrons. The number of furan rings is 1. The second-order valence-electron chi connectivity index (χ2n) is 7.89. The molecule has 7 heteroatoms. The van der Waals surface area contributed by atoms with Crippen LogP contribution in [0.15, 0.2) is 89.5 Å². The number of nitrogens with zero attached hydrogens (tertiary/aromatic N) is 4. The van der Waals surface area contributed by atoms with Gasteiger partial charge < -0.3 is 14.6 Å². The molecular formula is C26H23N5O2. The van der Waals surface area contributed by atoms with E-state index in [9.17, 15) is 4.79 Å². The molecule has 0 radical (unpaired) electrons. The van der Waals surface area contributed by atoms with Crippen molar-refractivity contribution in [2.45, 2.75) is 13.5 Å². The third kappa shape index (κ3) is 4.34. The summed E-state index contributed by atoms with van der Waals surface area (Å²) in [4.78, 5) is 19.2. The molecule has 0 aliphatic heterocycles. The summed E-state index contributed by atoms with van der Waals surface area (Å²) >= 11 is 0. The largest absolute Gasteiger partial charge is 0.467 e. The predicted molar refractivity (Wildman–Crippen MR) is 127 cm³/mol. The highest BCUT2D eigenvalue weighted by Crippen LogP contribution is 2.25. The van der Waals surface area contributed by atoms with Gasteiger partial charge in [-0.2, -0.15) is 9.61 Å². The highest BCUT2D eigenvalue weighted by Gasteiger charge is 2.14. The minimum Gasteiger partial charge on any atom is -0.467 e. The zero-order valence-electron chi connectivity index (χ0n) is 18.4. The first-order valence-electron chi connectivity index (χ1n) is 10.6. The number of anilines is 2. The molecule has 2 aromatic carbocycles. The van der Waals surface area contributed by atoms with Gasteiger partial charge in [-0.25, -0.2) is 4.98 Å². The van der Waals surface area contributed by atoms with Crippen LogP contribution in [0.4, 0.5) is 11.5 Å². The Balaban J connectivity index is 1.40. The van der Waals surface area contributed by atoms with Gasteiger partial charge in [0.25, 0.3) is 5.91 Å². The zero-order chi connectivity index (χ0) is 22.8. The molecule has 0 aliphatic carbocycles. The van der Waals surface area contributed by atoms with Crippen molar-refractivity contribution < 1.29 is 9.21 Å². The summed E-state index contributed by atoms with van der Waals surface area (Å²) in [6, 6.07) is 25.0. The molecular weight excluding hydrogens is 414 g/mol. The lowest BCUT2D eigenvalue weighted by Crippen LogP contribution is -2.25. The Hall–Kier alpha value is -4.39. The molecule has 0 saturated heterocycles. The van der Waals surface area contributed by atoms with Crippen LogP contribution in [-0.4, -0.2) is 32.5 Å². The van der Waals surface area contributed by atoms with Crippen molar-refractivity contribution in [1.82, 2.24) is 19.5 Å². The van der Waals surface area contributed by atoms with E-state index >= 15 is 0 Å². The molecule has 5 aromatic rings. The minimum absolute atomic E-state index is 0.0710. The Labute approximate surface area is 191 Å². The molecule has 0 saturated carbocycles. The number of aryl methyl sites for hydroxylation is 1. The third-order valence-corrected chi connectivity index (χ3v) is 5.34. The smallest absolute Gasteiger partial charge is 0.254 e. The van der Waals surface area contributed by atoms with E-state index in [0.717, 1.165) is 39.9 Å². The highest BCUT2D eigenvalue weighted by atomic mass is 16.3. The number of carbonyl (C=O) groups is 1. The topological polar surface area (TPSA) is 75.7 Å².